The van der Waals surface area contributed by atoms with Crippen LogP contribution in [0.5, 0.6) is 11.5 Å². The number of ketones is 1. The molecule has 0 unspecified atom stereocenters. The molecule has 0 saturated carbocycles. The van der Waals surface area contributed by atoms with E-state index in [1.165, 1.54) is 15.8 Å². The van der Waals surface area contributed by atoms with Crippen molar-refractivity contribution in [3.05, 3.63) is 52.6 Å². The number of carbonyl (C=O) groups is 2. The molecule has 0 fully saturated rings. The second kappa shape index (κ2) is 11.1. The summed E-state index contributed by atoms with van der Waals surface area (Å²) < 4.78 is 27.9. The van der Waals surface area contributed by atoms with Gasteiger partial charge in [-0.1, -0.05) is 20.8 Å². The van der Waals surface area contributed by atoms with Gasteiger partial charge in [0.05, 0.1) is 42.7 Å². The summed E-state index contributed by atoms with van der Waals surface area (Å²) in [5.74, 6) is -1.82. The number of rotatable bonds is 9. The molecule has 0 spiro atoms. The standard InChI is InChI=1S/C27H31FN4O5.BrH/c1-6-36-20-10-16-11-31(26(29)22(16)23(28)25(20)37-7-2)12-19(33)15-8-17(27(3,4)5)24-18(9-15)32(14-30-24)13-21(34)35;/h8-10,14,29H,6-7,11-13H2,1-5H3,(H,34,35);1H. The van der Waals surface area contributed by atoms with Gasteiger partial charge in [0.15, 0.2) is 23.1 Å². The number of carboxylic acids is 1. The van der Waals surface area contributed by atoms with Gasteiger partial charge in [-0.2, -0.15) is 0 Å². The summed E-state index contributed by atoms with van der Waals surface area (Å²) in [4.78, 5) is 30.7. The average Bonchev–Trinajstić information content (AvgIpc) is 3.35. The molecule has 11 heteroatoms. The van der Waals surface area contributed by atoms with Gasteiger partial charge in [0.25, 0.3) is 0 Å². The van der Waals surface area contributed by atoms with Gasteiger partial charge in [0, 0.05) is 12.1 Å². The van der Waals surface area contributed by atoms with Crippen molar-refractivity contribution < 1.29 is 28.6 Å². The number of aromatic nitrogens is 2. The van der Waals surface area contributed by atoms with Crippen LogP contribution in [-0.4, -0.2) is 56.9 Å². The van der Waals surface area contributed by atoms with Crippen molar-refractivity contribution in [3.63, 3.8) is 0 Å². The molecule has 2 N–H and O–H groups in total. The van der Waals surface area contributed by atoms with Crippen molar-refractivity contribution in [2.75, 3.05) is 19.8 Å². The van der Waals surface area contributed by atoms with Crippen LogP contribution in [-0.2, 0) is 23.3 Å². The van der Waals surface area contributed by atoms with Crippen LogP contribution >= 0.6 is 17.0 Å². The molecule has 1 aliphatic rings. The minimum atomic E-state index is -1.02. The number of imidazole rings is 1. The molecule has 0 radical (unpaired) electrons. The Morgan fingerprint density at radius 2 is 1.82 bits per heavy atom. The summed E-state index contributed by atoms with van der Waals surface area (Å²) in [6.07, 6.45) is 1.46. The molecule has 2 heterocycles. The van der Waals surface area contributed by atoms with E-state index in [1.807, 2.05) is 20.8 Å². The van der Waals surface area contributed by atoms with Gasteiger partial charge < -0.3 is 24.0 Å². The van der Waals surface area contributed by atoms with Crippen molar-refractivity contribution in [3.8, 4) is 11.5 Å². The molecule has 1 aromatic heterocycles. The topological polar surface area (TPSA) is 118 Å². The molecular formula is C27H32BrFN4O5. The predicted octanol–water partition coefficient (Wildman–Crippen LogP) is 4.96. The van der Waals surface area contributed by atoms with E-state index in [9.17, 15) is 14.7 Å². The van der Waals surface area contributed by atoms with Gasteiger partial charge in [0.1, 0.15) is 12.4 Å². The van der Waals surface area contributed by atoms with E-state index in [-0.39, 0.29) is 77.3 Å². The van der Waals surface area contributed by atoms with Crippen LogP contribution in [0.15, 0.2) is 24.5 Å². The van der Waals surface area contributed by atoms with Gasteiger partial charge in [-0.15, -0.1) is 17.0 Å². The zero-order valence-corrected chi connectivity index (χ0v) is 23.8. The number of ether oxygens (including phenoxy) is 2. The molecule has 204 valence electrons. The molecule has 2 aromatic carbocycles. The summed E-state index contributed by atoms with van der Waals surface area (Å²) >= 11 is 0. The number of nitrogens with zero attached hydrogens (tertiary/aromatic N) is 3. The van der Waals surface area contributed by atoms with Crippen molar-refractivity contribution in [1.82, 2.24) is 14.5 Å². The van der Waals surface area contributed by atoms with Crippen LogP contribution in [0.4, 0.5) is 4.39 Å². The van der Waals surface area contributed by atoms with E-state index < -0.39 is 11.8 Å². The Kier molecular flexibility index (Phi) is 8.50. The fourth-order valence-corrected chi connectivity index (χ4v) is 4.59. The Labute approximate surface area is 230 Å². The maximum Gasteiger partial charge on any atom is 0.323 e. The Bertz CT molecular complexity index is 1410. The van der Waals surface area contributed by atoms with Crippen LogP contribution in [0.2, 0.25) is 0 Å². The van der Waals surface area contributed by atoms with E-state index in [2.05, 4.69) is 4.98 Å². The number of carbonyl (C=O) groups excluding carboxylic acids is 1. The molecule has 0 amide bonds. The highest BCUT2D eigenvalue weighted by Gasteiger charge is 2.33. The van der Waals surface area contributed by atoms with Crippen LogP contribution in [0.3, 0.4) is 0 Å². The number of amidine groups is 1. The summed E-state index contributed by atoms with van der Waals surface area (Å²) in [5.41, 5.74) is 2.66. The minimum absolute atomic E-state index is 0. The number of hydrogen-bond acceptors (Lipinski definition) is 6. The second-order valence-electron chi connectivity index (χ2n) is 9.95. The van der Waals surface area contributed by atoms with Gasteiger partial charge >= 0.3 is 5.97 Å². The lowest BCUT2D eigenvalue weighted by molar-refractivity contribution is -0.137. The fourth-order valence-electron chi connectivity index (χ4n) is 4.59. The molecule has 4 rings (SSSR count). The van der Waals surface area contributed by atoms with Gasteiger partial charge in [0.2, 0.25) is 0 Å². The summed E-state index contributed by atoms with van der Waals surface area (Å²) in [6, 6.07) is 5.08. The van der Waals surface area contributed by atoms with Crippen molar-refractivity contribution in [1.29, 1.82) is 5.41 Å². The van der Waals surface area contributed by atoms with Crippen LogP contribution in [0, 0.1) is 11.2 Å². The van der Waals surface area contributed by atoms with Crippen molar-refractivity contribution >= 4 is 45.6 Å². The van der Waals surface area contributed by atoms with Crippen LogP contribution in [0.1, 0.15) is 61.7 Å². The molecular weight excluding hydrogens is 559 g/mol. The lowest BCUT2D eigenvalue weighted by Gasteiger charge is -2.22. The number of carboxylic acid groups (broad SMARTS) is 1. The molecule has 0 aliphatic carbocycles. The van der Waals surface area contributed by atoms with Crippen molar-refractivity contribution in [2.24, 2.45) is 0 Å². The first-order valence-electron chi connectivity index (χ1n) is 12.1. The van der Waals surface area contributed by atoms with E-state index >= 15 is 4.39 Å². The highest BCUT2D eigenvalue weighted by atomic mass is 79.9. The maximum atomic E-state index is 15.4. The first kappa shape index (κ1) is 29.1. The monoisotopic (exact) mass is 590 g/mol. The quantitative estimate of drug-likeness (QED) is 0.338. The van der Waals surface area contributed by atoms with E-state index in [0.29, 0.717) is 28.8 Å². The van der Waals surface area contributed by atoms with Crippen LogP contribution < -0.4 is 9.47 Å². The summed E-state index contributed by atoms with van der Waals surface area (Å²) in [5, 5.41) is 17.9. The highest BCUT2D eigenvalue weighted by Crippen LogP contribution is 2.39. The number of halogens is 2. The number of hydrogen-bond donors (Lipinski definition) is 2. The van der Waals surface area contributed by atoms with Gasteiger partial charge in [-0.3, -0.25) is 15.0 Å². The third-order valence-electron chi connectivity index (χ3n) is 6.27. The summed E-state index contributed by atoms with van der Waals surface area (Å²) in [7, 11) is 0. The highest BCUT2D eigenvalue weighted by molar-refractivity contribution is 8.93. The molecule has 38 heavy (non-hydrogen) atoms. The molecule has 0 saturated heterocycles. The third kappa shape index (κ3) is 5.38. The number of nitrogens with one attached hydrogen (secondary N) is 1. The smallest absolute Gasteiger partial charge is 0.323 e. The second-order valence-corrected chi connectivity index (χ2v) is 9.95. The summed E-state index contributed by atoms with van der Waals surface area (Å²) in [6.45, 7) is 9.82. The average molecular weight is 591 g/mol. The first-order chi connectivity index (χ1) is 17.5. The Morgan fingerprint density at radius 1 is 1.13 bits per heavy atom. The van der Waals surface area contributed by atoms with Crippen LogP contribution in [0.25, 0.3) is 11.0 Å². The molecule has 0 bridgehead atoms. The maximum absolute atomic E-state index is 15.4. The number of aliphatic carboxylic acids is 1. The molecule has 9 nitrogen and oxygen atoms in total. The Hall–Kier alpha value is -3.47. The molecule has 3 aromatic rings. The zero-order chi connectivity index (χ0) is 27.1. The molecule has 1 aliphatic heterocycles. The Balaban J connectivity index is 0.00000400. The molecule has 0 atom stereocenters. The minimum Gasteiger partial charge on any atom is -0.490 e. The number of Topliss-reactive ketones (excluding diaryl/α,β-unsaturated/α-hetero) is 1. The normalized spacial score (nSPS) is 12.9. The largest absolute Gasteiger partial charge is 0.490 e. The third-order valence-corrected chi connectivity index (χ3v) is 6.27. The predicted molar refractivity (Wildman–Crippen MR) is 147 cm³/mol. The van der Waals surface area contributed by atoms with E-state index in [1.54, 1.807) is 32.0 Å². The lowest BCUT2D eigenvalue weighted by atomic mass is 9.84. The van der Waals surface area contributed by atoms with Crippen molar-refractivity contribution in [2.45, 2.75) is 53.1 Å². The fraction of sp³-hybridized carbons (Fsp3) is 0.407. The Morgan fingerprint density at radius 3 is 2.42 bits per heavy atom. The number of fused-ring (bicyclic) bond motifs is 2. The van der Waals surface area contributed by atoms with Gasteiger partial charge in [-0.05, 0) is 48.6 Å². The van der Waals surface area contributed by atoms with E-state index in [0.717, 1.165) is 5.56 Å². The van der Waals surface area contributed by atoms with E-state index in [4.69, 9.17) is 14.9 Å². The lowest BCUT2D eigenvalue weighted by Crippen LogP contribution is -2.30. The zero-order valence-electron chi connectivity index (χ0n) is 22.1. The first-order valence-corrected chi connectivity index (χ1v) is 12.1. The van der Waals surface area contributed by atoms with Gasteiger partial charge in [-0.25, -0.2) is 9.37 Å². The SMILES string of the molecule is Br.CCOc1cc2c(c(F)c1OCC)C(=N)N(CC(=O)c1cc(C(C)(C)C)c3ncn(CC(=O)O)c3c1)C2. The number of benzene rings is 2.